The van der Waals surface area contributed by atoms with Crippen LogP contribution in [0.25, 0.3) is 0 Å². The van der Waals surface area contributed by atoms with Crippen molar-refractivity contribution in [1.82, 2.24) is 0 Å². The molecule has 0 spiro atoms. The van der Waals surface area contributed by atoms with Gasteiger partial charge in [0.2, 0.25) is 0 Å². The summed E-state index contributed by atoms with van der Waals surface area (Å²) in [7, 11) is -3.05. The van der Waals surface area contributed by atoms with Crippen LogP contribution in [0.3, 0.4) is 0 Å². The maximum atomic E-state index is 12.0. The minimum atomic E-state index is -3.05. The van der Waals surface area contributed by atoms with E-state index in [9.17, 15) is 7.77 Å². The van der Waals surface area contributed by atoms with Crippen molar-refractivity contribution in [2.75, 3.05) is 11.5 Å². The van der Waals surface area contributed by atoms with Crippen molar-refractivity contribution in [1.29, 1.82) is 0 Å². The van der Waals surface area contributed by atoms with Crippen molar-refractivity contribution < 1.29 is 7.77 Å². The van der Waals surface area contributed by atoms with Gasteiger partial charge in [0.1, 0.15) is 0 Å². The number of rotatable bonds is 0. The fourth-order valence-corrected chi connectivity index (χ4v) is 2.19. The molecule has 0 amide bonds. The Hall–Kier alpha value is 0.210. The first kappa shape index (κ1) is 5.35. The molecule has 0 aromatic carbocycles. The molecule has 1 saturated heterocycles. The Kier molecular flexibility index (Phi) is 1.24. The molecule has 7 heavy (non-hydrogen) atoms. The molecule has 0 N–H and O–H groups in total. The highest BCUT2D eigenvalue weighted by atomic mass is 32.3. The van der Waals surface area contributed by atoms with Gasteiger partial charge in [0.15, 0.2) is 0 Å². The molecule has 0 nitrogen and oxygen atoms in total. The summed E-state index contributed by atoms with van der Waals surface area (Å²) in [6.45, 7) is 0. The van der Waals surface area contributed by atoms with Gasteiger partial charge in [-0.05, 0) is 12.8 Å². The Balaban J connectivity index is 2.40. The van der Waals surface area contributed by atoms with Crippen LogP contribution in [0, 0.1) is 0 Å². The Morgan fingerprint density at radius 3 is 1.57 bits per heavy atom. The summed E-state index contributed by atoms with van der Waals surface area (Å²) in [6, 6.07) is 0. The third kappa shape index (κ3) is 1.30. The minimum absolute atomic E-state index is 0.201. The molecule has 1 aliphatic heterocycles. The molecule has 1 aliphatic rings. The Morgan fingerprint density at radius 1 is 1.00 bits per heavy atom. The third-order valence-corrected chi connectivity index (χ3v) is 2.91. The van der Waals surface area contributed by atoms with Crippen LogP contribution in [-0.2, 0) is 0 Å². The Morgan fingerprint density at radius 2 is 1.43 bits per heavy atom. The SMILES string of the molecule is FS1(F)CCCC1. The van der Waals surface area contributed by atoms with Crippen LogP contribution in [0.15, 0.2) is 0 Å². The van der Waals surface area contributed by atoms with Gasteiger partial charge in [-0.3, -0.25) is 0 Å². The summed E-state index contributed by atoms with van der Waals surface area (Å²) in [6.07, 6.45) is 1.50. The molecule has 0 radical (unpaired) electrons. The lowest BCUT2D eigenvalue weighted by Crippen LogP contribution is -1.81. The average molecular weight is 126 g/mol. The zero-order valence-corrected chi connectivity index (χ0v) is 4.81. The van der Waals surface area contributed by atoms with E-state index in [1.807, 2.05) is 0 Å². The van der Waals surface area contributed by atoms with Gasteiger partial charge in [-0.25, -0.2) is 0 Å². The van der Waals surface area contributed by atoms with E-state index in [4.69, 9.17) is 0 Å². The fraction of sp³-hybridized carbons (Fsp3) is 1.00. The van der Waals surface area contributed by atoms with Gasteiger partial charge in [-0.1, -0.05) is 0 Å². The maximum absolute atomic E-state index is 12.0. The summed E-state index contributed by atoms with van der Waals surface area (Å²) < 4.78 is 24.1. The van der Waals surface area contributed by atoms with Crippen molar-refractivity contribution in [3.8, 4) is 0 Å². The Labute approximate surface area is 43.8 Å². The molecule has 0 bridgehead atoms. The summed E-state index contributed by atoms with van der Waals surface area (Å²) in [5.74, 6) is 0.403. The van der Waals surface area contributed by atoms with Crippen LogP contribution < -0.4 is 0 Å². The molecule has 0 aromatic heterocycles. The molecule has 44 valence electrons. The van der Waals surface area contributed by atoms with Gasteiger partial charge in [0, 0.05) is 11.5 Å². The molecule has 0 unspecified atom stereocenters. The van der Waals surface area contributed by atoms with Gasteiger partial charge in [-0.2, -0.15) is 7.77 Å². The van der Waals surface area contributed by atoms with Crippen LogP contribution in [0.5, 0.6) is 0 Å². The molecule has 1 heterocycles. The molecular weight excluding hydrogens is 118 g/mol. The molecule has 0 saturated carbocycles. The molecule has 0 atom stereocenters. The lowest BCUT2D eigenvalue weighted by molar-refractivity contribution is 0.753. The molecule has 1 fully saturated rings. The largest absolute Gasteiger partial charge is 0.158 e. The maximum Gasteiger partial charge on any atom is 0.0573 e. The predicted molar refractivity (Wildman–Crippen MR) is 28.8 cm³/mol. The van der Waals surface area contributed by atoms with E-state index in [2.05, 4.69) is 0 Å². The van der Waals surface area contributed by atoms with Crippen LogP contribution in [0.4, 0.5) is 7.77 Å². The zero-order chi connectivity index (χ0) is 5.33. The average Bonchev–Trinajstić information content (AvgIpc) is 1.84. The summed E-state index contributed by atoms with van der Waals surface area (Å²) in [4.78, 5) is 0. The van der Waals surface area contributed by atoms with Crippen molar-refractivity contribution in [3.05, 3.63) is 0 Å². The highest BCUT2D eigenvalue weighted by molar-refractivity contribution is 8.25. The summed E-state index contributed by atoms with van der Waals surface area (Å²) in [5.41, 5.74) is 0. The van der Waals surface area contributed by atoms with Gasteiger partial charge in [0.05, 0.1) is 10.8 Å². The predicted octanol–water partition coefficient (Wildman–Crippen LogP) is 2.35. The second kappa shape index (κ2) is 1.62. The number of halogens is 2. The van der Waals surface area contributed by atoms with E-state index in [1.165, 1.54) is 0 Å². The second-order valence-corrected chi connectivity index (χ2v) is 4.03. The van der Waals surface area contributed by atoms with Gasteiger partial charge in [0.25, 0.3) is 0 Å². The van der Waals surface area contributed by atoms with Crippen molar-refractivity contribution in [2.24, 2.45) is 0 Å². The molecule has 1 rings (SSSR count). The van der Waals surface area contributed by atoms with Gasteiger partial charge >= 0.3 is 0 Å². The standard InChI is InChI=1S/C4H8F2S/c5-7(6)3-1-2-4-7/h1-4H2. The second-order valence-electron chi connectivity index (χ2n) is 1.81. The van der Waals surface area contributed by atoms with Crippen molar-refractivity contribution >= 4 is 10.8 Å². The quantitative estimate of drug-likeness (QED) is 0.467. The van der Waals surface area contributed by atoms with Crippen LogP contribution in [0.2, 0.25) is 0 Å². The van der Waals surface area contributed by atoms with E-state index >= 15 is 0 Å². The normalized spacial score (nSPS) is 32.9. The van der Waals surface area contributed by atoms with Gasteiger partial charge in [-0.15, -0.1) is 0 Å². The minimum Gasteiger partial charge on any atom is -0.158 e. The number of hydrogen-bond donors (Lipinski definition) is 0. The first-order valence-electron chi connectivity index (χ1n) is 2.39. The van der Waals surface area contributed by atoms with E-state index in [0.29, 0.717) is 0 Å². The molecule has 0 aromatic rings. The van der Waals surface area contributed by atoms with Gasteiger partial charge < -0.3 is 0 Å². The molecule has 3 heteroatoms. The van der Waals surface area contributed by atoms with Crippen molar-refractivity contribution in [3.63, 3.8) is 0 Å². The van der Waals surface area contributed by atoms with Crippen LogP contribution in [0.1, 0.15) is 12.8 Å². The molecular formula is C4H8F2S. The van der Waals surface area contributed by atoms with E-state index in [0.717, 1.165) is 12.8 Å². The molecule has 0 aliphatic carbocycles. The number of hydrogen-bond acceptors (Lipinski definition) is 0. The zero-order valence-electron chi connectivity index (χ0n) is 3.99. The monoisotopic (exact) mass is 126 g/mol. The Bertz CT molecular complexity index is 64.1. The summed E-state index contributed by atoms with van der Waals surface area (Å²) in [5, 5.41) is 0. The summed E-state index contributed by atoms with van der Waals surface area (Å²) >= 11 is 0. The van der Waals surface area contributed by atoms with Crippen molar-refractivity contribution in [2.45, 2.75) is 12.8 Å². The highest BCUT2D eigenvalue weighted by Gasteiger charge is 2.26. The van der Waals surface area contributed by atoms with E-state index < -0.39 is 10.8 Å². The van der Waals surface area contributed by atoms with Crippen LogP contribution >= 0.6 is 10.8 Å². The smallest absolute Gasteiger partial charge is 0.0573 e. The lowest BCUT2D eigenvalue weighted by atomic mass is 10.4. The lowest BCUT2D eigenvalue weighted by Gasteiger charge is -2.09. The third-order valence-electron chi connectivity index (χ3n) is 1.14. The van der Waals surface area contributed by atoms with Crippen LogP contribution in [-0.4, -0.2) is 11.5 Å². The first-order chi connectivity index (χ1) is 3.21. The highest BCUT2D eigenvalue weighted by Crippen LogP contribution is 2.56. The van der Waals surface area contributed by atoms with E-state index in [-0.39, 0.29) is 11.5 Å². The first-order valence-corrected chi connectivity index (χ1v) is 4.16. The van der Waals surface area contributed by atoms with E-state index in [1.54, 1.807) is 0 Å². The fourth-order valence-electron chi connectivity index (χ4n) is 0.729. The topological polar surface area (TPSA) is 0 Å².